The Morgan fingerprint density at radius 1 is 1.12 bits per heavy atom. The zero-order valence-electron chi connectivity index (χ0n) is 9.89. The minimum atomic E-state index is -4.31. The van der Waals surface area contributed by atoms with E-state index < -0.39 is 11.7 Å². The predicted molar refractivity (Wildman–Crippen MR) is 57.1 cm³/mol. The van der Waals surface area contributed by atoms with Gasteiger partial charge in [0, 0.05) is 17.8 Å². The van der Waals surface area contributed by atoms with E-state index in [1.165, 1.54) is 6.07 Å². The first-order valence-electron chi connectivity index (χ1n) is 5.15. The van der Waals surface area contributed by atoms with Gasteiger partial charge in [-0.1, -0.05) is 27.7 Å². The molecule has 16 heavy (non-hydrogen) atoms. The van der Waals surface area contributed by atoms with Gasteiger partial charge in [0.1, 0.15) is 0 Å². The fourth-order valence-corrected chi connectivity index (χ4v) is 1.27. The van der Waals surface area contributed by atoms with Gasteiger partial charge in [0.15, 0.2) is 0 Å². The van der Waals surface area contributed by atoms with Crippen LogP contribution in [0.4, 0.5) is 13.2 Å². The third-order valence-electron chi connectivity index (χ3n) is 2.86. The smallest absolute Gasteiger partial charge is 0.260 e. The quantitative estimate of drug-likeness (QED) is 0.704. The summed E-state index contributed by atoms with van der Waals surface area (Å²) in [5.74, 6) is 0.120. The Labute approximate surface area is 93.7 Å². The number of alkyl halides is 3. The summed E-state index contributed by atoms with van der Waals surface area (Å²) in [7, 11) is 0. The number of pyridine rings is 1. The normalized spacial score (nSPS) is 14.9. The molecule has 1 heterocycles. The number of halogens is 3. The fourth-order valence-electron chi connectivity index (χ4n) is 1.27. The van der Waals surface area contributed by atoms with Gasteiger partial charge < -0.3 is 0 Å². The van der Waals surface area contributed by atoms with Crippen LogP contribution in [0, 0.1) is 5.41 Å². The van der Waals surface area contributed by atoms with E-state index in [0.29, 0.717) is 5.69 Å². The fraction of sp³-hybridized carbons (Fsp3) is 0.583. The second-order valence-electron chi connectivity index (χ2n) is 5.06. The van der Waals surface area contributed by atoms with Gasteiger partial charge in [0.2, 0.25) is 0 Å². The highest BCUT2D eigenvalue weighted by Gasteiger charge is 2.31. The summed E-state index contributed by atoms with van der Waals surface area (Å²) >= 11 is 0. The van der Waals surface area contributed by atoms with Crippen molar-refractivity contribution in [3.05, 3.63) is 29.6 Å². The molecule has 1 nitrogen and oxygen atoms in total. The molecule has 0 aromatic carbocycles. The van der Waals surface area contributed by atoms with Crippen molar-refractivity contribution in [2.45, 2.75) is 39.8 Å². The Bertz CT molecular complexity index is 346. The summed E-state index contributed by atoms with van der Waals surface area (Å²) in [5, 5.41) is 0. The lowest BCUT2D eigenvalue weighted by atomic mass is 9.80. The van der Waals surface area contributed by atoms with Gasteiger partial charge in [0.25, 0.3) is 0 Å². The first-order valence-corrected chi connectivity index (χ1v) is 5.15. The Morgan fingerprint density at radius 2 is 1.69 bits per heavy atom. The summed E-state index contributed by atoms with van der Waals surface area (Å²) in [6.45, 7) is 8.08. The van der Waals surface area contributed by atoms with Crippen LogP contribution in [0.5, 0.6) is 0 Å². The number of hydrogen-bond acceptors (Lipinski definition) is 1. The third-order valence-corrected chi connectivity index (χ3v) is 2.86. The highest BCUT2D eigenvalue weighted by Crippen LogP contribution is 2.34. The highest BCUT2D eigenvalue weighted by molar-refractivity contribution is 5.19. The van der Waals surface area contributed by atoms with E-state index in [1.54, 1.807) is 0 Å². The summed E-state index contributed by atoms with van der Waals surface area (Å²) in [6, 6.07) is 2.54. The molecule has 0 saturated heterocycles. The van der Waals surface area contributed by atoms with Crippen molar-refractivity contribution in [1.82, 2.24) is 4.98 Å². The standard InChI is InChI=1S/C12H16F3N/c1-8(11(2,3)4)10-6-5-9(7-16-10)12(13,14)15/h5-8H,1-4H3/t8-/m1/s1. The summed E-state index contributed by atoms with van der Waals surface area (Å²) in [5.41, 5.74) is -0.00918. The Kier molecular flexibility index (Phi) is 3.31. The molecule has 0 unspecified atom stereocenters. The lowest BCUT2D eigenvalue weighted by Gasteiger charge is -2.26. The van der Waals surface area contributed by atoms with E-state index in [4.69, 9.17) is 0 Å². The van der Waals surface area contributed by atoms with Gasteiger partial charge in [-0.15, -0.1) is 0 Å². The predicted octanol–water partition coefficient (Wildman–Crippen LogP) is 4.25. The van der Waals surface area contributed by atoms with E-state index in [2.05, 4.69) is 4.98 Å². The molecule has 1 atom stereocenters. The second kappa shape index (κ2) is 4.07. The Balaban J connectivity index is 2.96. The van der Waals surface area contributed by atoms with Crippen molar-refractivity contribution < 1.29 is 13.2 Å². The van der Waals surface area contributed by atoms with Gasteiger partial charge in [-0.2, -0.15) is 13.2 Å². The molecule has 1 aromatic heterocycles. The Hall–Kier alpha value is -1.06. The van der Waals surface area contributed by atoms with Crippen molar-refractivity contribution in [2.75, 3.05) is 0 Å². The molecule has 1 rings (SSSR count). The molecule has 0 aliphatic rings. The van der Waals surface area contributed by atoms with E-state index in [-0.39, 0.29) is 11.3 Å². The molecule has 0 radical (unpaired) electrons. The van der Waals surface area contributed by atoms with Crippen LogP contribution in [-0.2, 0) is 6.18 Å². The molecule has 1 aromatic rings. The molecule has 0 N–H and O–H groups in total. The molecule has 0 aliphatic heterocycles. The summed E-state index contributed by atoms with van der Waals surface area (Å²) < 4.78 is 36.9. The maximum absolute atomic E-state index is 12.3. The molecule has 0 spiro atoms. The van der Waals surface area contributed by atoms with Crippen LogP contribution in [0.25, 0.3) is 0 Å². The third kappa shape index (κ3) is 2.97. The van der Waals surface area contributed by atoms with Gasteiger partial charge in [-0.25, -0.2) is 0 Å². The summed E-state index contributed by atoms with van der Waals surface area (Å²) in [6.07, 6.45) is -3.41. The molecule has 0 amide bonds. The van der Waals surface area contributed by atoms with Crippen molar-refractivity contribution in [3.63, 3.8) is 0 Å². The van der Waals surface area contributed by atoms with Crippen molar-refractivity contribution in [3.8, 4) is 0 Å². The van der Waals surface area contributed by atoms with E-state index in [9.17, 15) is 13.2 Å². The van der Waals surface area contributed by atoms with Crippen LogP contribution in [0.3, 0.4) is 0 Å². The van der Waals surface area contributed by atoms with Crippen molar-refractivity contribution in [1.29, 1.82) is 0 Å². The molecule has 0 bridgehead atoms. The molecular formula is C12H16F3N. The van der Waals surface area contributed by atoms with E-state index in [1.807, 2.05) is 27.7 Å². The van der Waals surface area contributed by atoms with Gasteiger partial charge in [0.05, 0.1) is 5.56 Å². The maximum atomic E-state index is 12.3. The number of rotatable bonds is 1. The van der Waals surface area contributed by atoms with Crippen LogP contribution in [0.2, 0.25) is 0 Å². The zero-order chi connectivity index (χ0) is 12.6. The number of hydrogen-bond donors (Lipinski definition) is 0. The van der Waals surface area contributed by atoms with Crippen LogP contribution in [-0.4, -0.2) is 4.98 Å². The lowest BCUT2D eigenvalue weighted by molar-refractivity contribution is -0.137. The Morgan fingerprint density at radius 3 is 2.00 bits per heavy atom. The molecule has 90 valence electrons. The first-order chi connectivity index (χ1) is 7.12. The van der Waals surface area contributed by atoms with Crippen LogP contribution in [0.15, 0.2) is 18.3 Å². The lowest BCUT2D eigenvalue weighted by Crippen LogP contribution is -2.17. The average molecular weight is 231 g/mol. The zero-order valence-corrected chi connectivity index (χ0v) is 9.89. The highest BCUT2D eigenvalue weighted by atomic mass is 19.4. The topological polar surface area (TPSA) is 12.9 Å². The van der Waals surface area contributed by atoms with Crippen LogP contribution >= 0.6 is 0 Å². The summed E-state index contributed by atoms with van der Waals surface area (Å²) in [4.78, 5) is 3.89. The monoisotopic (exact) mass is 231 g/mol. The first kappa shape index (κ1) is 13.0. The number of aromatic nitrogens is 1. The van der Waals surface area contributed by atoms with Crippen molar-refractivity contribution >= 4 is 0 Å². The van der Waals surface area contributed by atoms with Crippen molar-refractivity contribution in [2.24, 2.45) is 5.41 Å². The molecular weight excluding hydrogens is 215 g/mol. The molecule has 4 heteroatoms. The minimum Gasteiger partial charge on any atom is -0.260 e. The number of nitrogens with zero attached hydrogens (tertiary/aromatic N) is 1. The van der Waals surface area contributed by atoms with Crippen LogP contribution < -0.4 is 0 Å². The molecule has 0 saturated carbocycles. The van der Waals surface area contributed by atoms with E-state index in [0.717, 1.165) is 12.3 Å². The van der Waals surface area contributed by atoms with Gasteiger partial charge >= 0.3 is 6.18 Å². The SMILES string of the molecule is C[C@H](c1ccc(C(F)(F)F)cn1)C(C)(C)C. The minimum absolute atomic E-state index is 0.00719. The molecule has 0 aliphatic carbocycles. The van der Waals surface area contributed by atoms with Gasteiger partial charge in [-0.05, 0) is 17.5 Å². The molecule has 0 fully saturated rings. The second-order valence-corrected chi connectivity index (χ2v) is 5.06. The largest absolute Gasteiger partial charge is 0.417 e. The maximum Gasteiger partial charge on any atom is 0.417 e. The van der Waals surface area contributed by atoms with Crippen LogP contribution in [0.1, 0.15) is 44.9 Å². The van der Waals surface area contributed by atoms with Gasteiger partial charge in [-0.3, -0.25) is 4.98 Å². The average Bonchev–Trinajstić information content (AvgIpc) is 2.14. The van der Waals surface area contributed by atoms with E-state index >= 15 is 0 Å².